The van der Waals surface area contributed by atoms with Gasteiger partial charge in [0.25, 0.3) is 0 Å². The maximum atomic E-state index is 13.7. The van der Waals surface area contributed by atoms with E-state index in [4.69, 9.17) is 9.15 Å². The van der Waals surface area contributed by atoms with Crippen molar-refractivity contribution in [2.24, 2.45) is 0 Å². The van der Waals surface area contributed by atoms with E-state index in [0.717, 1.165) is 6.42 Å². The minimum absolute atomic E-state index is 0.0422. The van der Waals surface area contributed by atoms with Crippen molar-refractivity contribution in [3.05, 3.63) is 35.2 Å². The number of aromatic nitrogens is 2. The Balaban J connectivity index is 2.05. The van der Waals surface area contributed by atoms with E-state index in [0.29, 0.717) is 12.3 Å². The molecule has 0 aliphatic rings. The number of methoxy groups -OCH3 is 1. The monoisotopic (exact) mass is 283 g/mol. The molecule has 1 aromatic carbocycles. The third-order valence-corrected chi connectivity index (χ3v) is 2.71. The second kappa shape index (κ2) is 6.31. The van der Waals surface area contributed by atoms with Crippen LogP contribution in [0.5, 0.6) is 5.75 Å². The highest BCUT2D eigenvalue weighted by molar-refractivity contribution is 5.33. The molecule has 20 heavy (non-hydrogen) atoms. The highest BCUT2D eigenvalue weighted by Gasteiger charge is 2.14. The summed E-state index contributed by atoms with van der Waals surface area (Å²) in [7, 11) is 1.28. The summed E-state index contributed by atoms with van der Waals surface area (Å²) >= 11 is 0. The summed E-state index contributed by atoms with van der Waals surface area (Å²) in [6.45, 7) is 2.04. The van der Waals surface area contributed by atoms with Gasteiger partial charge in [-0.15, -0.1) is 5.10 Å². The molecule has 0 bridgehead atoms. The number of hydrogen-bond donors (Lipinski definition) is 1. The topological polar surface area (TPSA) is 60.2 Å². The Morgan fingerprint density at radius 2 is 2.05 bits per heavy atom. The first-order chi connectivity index (χ1) is 9.65. The predicted octanol–water partition coefficient (Wildman–Crippen LogP) is 2.92. The van der Waals surface area contributed by atoms with Crippen LogP contribution in [-0.4, -0.2) is 17.3 Å². The van der Waals surface area contributed by atoms with Crippen LogP contribution in [0, 0.1) is 11.6 Å². The molecule has 5 nitrogen and oxygen atoms in total. The number of anilines is 1. The first-order valence-corrected chi connectivity index (χ1v) is 6.22. The minimum atomic E-state index is -1.01. The van der Waals surface area contributed by atoms with Crippen molar-refractivity contribution in [1.82, 2.24) is 10.2 Å². The Morgan fingerprint density at radius 1 is 1.25 bits per heavy atom. The highest BCUT2D eigenvalue weighted by Crippen LogP contribution is 2.22. The lowest BCUT2D eigenvalue weighted by atomic mass is 10.2. The van der Waals surface area contributed by atoms with Gasteiger partial charge >= 0.3 is 6.01 Å². The van der Waals surface area contributed by atoms with Crippen LogP contribution < -0.4 is 10.1 Å². The Hall–Kier alpha value is -2.18. The normalized spacial score (nSPS) is 10.6. The van der Waals surface area contributed by atoms with Gasteiger partial charge in [0.2, 0.25) is 11.7 Å². The first-order valence-electron chi connectivity index (χ1n) is 6.22. The smallest absolute Gasteiger partial charge is 0.315 e. The van der Waals surface area contributed by atoms with Gasteiger partial charge in [0, 0.05) is 18.5 Å². The van der Waals surface area contributed by atoms with Crippen molar-refractivity contribution in [2.45, 2.75) is 26.3 Å². The number of halogens is 2. The largest absolute Gasteiger partial charge is 0.494 e. The zero-order chi connectivity index (χ0) is 14.5. The summed E-state index contributed by atoms with van der Waals surface area (Å²) < 4.78 is 37.2. The van der Waals surface area contributed by atoms with Crippen molar-refractivity contribution in [3.8, 4) is 5.75 Å². The Morgan fingerprint density at radius 3 is 2.75 bits per heavy atom. The van der Waals surface area contributed by atoms with E-state index in [1.807, 2.05) is 6.92 Å². The number of ether oxygens (including phenoxy) is 1. The van der Waals surface area contributed by atoms with E-state index < -0.39 is 11.6 Å². The molecule has 1 heterocycles. The molecule has 0 amide bonds. The first kappa shape index (κ1) is 14.2. The SMILES string of the molecule is CCCc1nnc(NCc2ccc(OC)c(F)c2F)o1. The molecule has 0 aliphatic heterocycles. The fourth-order valence-corrected chi connectivity index (χ4v) is 1.68. The van der Waals surface area contributed by atoms with Crippen LogP contribution in [0.15, 0.2) is 16.5 Å². The van der Waals surface area contributed by atoms with E-state index in [-0.39, 0.29) is 23.9 Å². The summed E-state index contributed by atoms with van der Waals surface area (Å²) in [5, 5.41) is 10.3. The molecule has 0 saturated heterocycles. The molecule has 1 aromatic heterocycles. The lowest BCUT2D eigenvalue weighted by Crippen LogP contribution is -2.04. The van der Waals surface area contributed by atoms with E-state index in [1.54, 1.807) is 0 Å². The average molecular weight is 283 g/mol. The number of aryl methyl sites for hydroxylation is 1. The number of benzene rings is 1. The van der Waals surface area contributed by atoms with Gasteiger partial charge < -0.3 is 14.5 Å². The summed E-state index contributed by atoms with van der Waals surface area (Å²) in [6, 6.07) is 2.99. The summed E-state index contributed by atoms with van der Waals surface area (Å²) in [5.74, 6) is -1.58. The fraction of sp³-hybridized carbons (Fsp3) is 0.385. The van der Waals surface area contributed by atoms with Gasteiger partial charge in [0.15, 0.2) is 11.6 Å². The van der Waals surface area contributed by atoms with Gasteiger partial charge in [0.1, 0.15) is 0 Å². The van der Waals surface area contributed by atoms with Crippen molar-refractivity contribution in [1.29, 1.82) is 0 Å². The third kappa shape index (κ3) is 3.04. The number of rotatable bonds is 6. The van der Waals surface area contributed by atoms with Gasteiger partial charge in [-0.1, -0.05) is 18.1 Å². The quantitative estimate of drug-likeness (QED) is 0.883. The summed E-state index contributed by atoms with van der Waals surface area (Å²) in [6.07, 6.45) is 1.57. The maximum absolute atomic E-state index is 13.7. The molecule has 0 aliphatic carbocycles. The van der Waals surface area contributed by atoms with Crippen molar-refractivity contribution < 1.29 is 17.9 Å². The molecule has 0 saturated carbocycles. The van der Waals surface area contributed by atoms with Crippen LogP contribution in [0.4, 0.5) is 14.8 Å². The van der Waals surface area contributed by atoms with E-state index in [1.165, 1.54) is 19.2 Å². The van der Waals surface area contributed by atoms with Crippen molar-refractivity contribution in [3.63, 3.8) is 0 Å². The van der Waals surface area contributed by atoms with Crippen LogP contribution in [0.2, 0.25) is 0 Å². The van der Waals surface area contributed by atoms with Crippen molar-refractivity contribution in [2.75, 3.05) is 12.4 Å². The minimum Gasteiger partial charge on any atom is -0.494 e. The van der Waals surface area contributed by atoms with Gasteiger partial charge in [0.05, 0.1) is 7.11 Å². The molecule has 7 heteroatoms. The summed E-state index contributed by atoms with van der Waals surface area (Å²) in [5.41, 5.74) is 0.151. The molecule has 1 N–H and O–H groups in total. The molecule has 0 radical (unpaired) electrons. The Kier molecular flexibility index (Phi) is 4.49. The molecule has 0 fully saturated rings. The Bertz CT molecular complexity index is 587. The molecule has 0 unspecified atom stereocenters. The zero-order valence-corrected chi connectivity index (χ0v) is 11.2. The molecule has 2 rings (SSSR count). The van der Waals surface area contributed by atoms with Crippen LogP contribution in [0.25, 0.3) is 0 Å². The lowest BCUT2D eigenvalue weighted by molar-refractivity contribution is 0.370. The van der Waals surface area contributed by atoms with E-state index in [2.05, 4.69) is 15.5 Å². The van der Waals surface area contributed by atoms with Gasteiger partial charge in [-0.2, -0.15) is 4.39 Å². The van der Waals surface area contributed by atoms with Crippen LogP contribution in [0.1, 0.15) is 24.8 Å². The van der Waals surface area contributed by atoms with Gasteiger partial charge in [-0.05, 0) is 12.5 Å². The van der Waals surface area contributed by atoms with Gasteiger partial charge in [-0.3, -0.25) is 0 Å². The van der Waals surface area contributed by atoms with Crippen LogP contribution >= 0.6 is 0 Å². The van der Waals surface area contributed by atoms with Crippen LogP contribution in [-0.2, 0) is 13.0 Å². The Labute approximate surface area is 115 Å². The predicted molar refractivity (Wildman–Crippen MR) is 68.5 cm³/mol. The molecule has 108 valence electrons. The second-order valence-corrected chi connectivity index (χ2v) is 4.16. The molecule has 2 aromatic rings. The number of nitrogens with one attached hydrogen (secondary N) is 1. The van der Waals surface area contributed by atoms with E-state index in [9.17, 15) is 8.78 Å². The second-order valence-electron chi connectivity index (χ2n) is 4.16. The molecular weight excluding hydrogens is 268 g/mol. The fourth-order valence-electron chi connectivity index (χ4n) is 1.68. The standard InChI is InChI=1S/C13H15F2N3O2/c1-3-4-10-17-18-13(20-10)16-7-8-5-6-9(19-2)12(15)11(8)14/h5-6H,3-4,7H2,1-2H3,(H,16,18). The van der Waals surface area contributed by atoms with Crippen molar-refractivity contribution >= 4 is 6.01 Å². The van der Waals surface area contributed by atoms with E-state index >= 15 is 0 Å². The summed E-state index contributed by atoms with van der Waals surface area (Å²) in [4.78, 5) is 0. The molecule has 0 spiro atoms. The average Bonchev–Trinajstić information content (AvgIpc) is 2.89. The lowest BCUT2D eigenvalue weighted by Gasteiger charge is -2.07. The van der Waals surface area contributed by atoms with Gasteiger partial charge in [-0.25, -0.2) is 4.39 Å². The third-order valence-electron chi connectivity index (χ3n) is 2.71. The molecular formula is C13H15F2N3O2. The number of hydrogen-bond acceptors (Lipinski definition) is 5. The highest BCUT2D eigenvalue weighted by atomic mass is 19.2. The molecule has 0 atom stereocenters. The maximum Gasteiger partial charge on any atom is 0.315 e. The zero-order valence-electron chi connectivity index (χ0n) is 11.2. The number of nitrogens with zero attached hydrogens (tertiary/aromatic N) is 2. The van der Waals surface area contributed by atoms with Crippen LogP contribution in [0.3, 0.4) is 0 Å².